The van der Waals surface area contributed by atoms with E-state index >= 15 is 0 Å². The molecule has 0 bridgehead atoms. The summed E-state index contributed by atoms with van der Waals surface area (Å²) in [6.07, 6.45) is 13.4. The predicted molar refractivity (Wildman–Crippen MR) is 207 cm³/mol. The molecule has 9 rings (SSSR count). The van der Waals surface area contributed by atoms with E-state index in [9.17, 15) is 0 Å². The Morgan fingerprint density at radius 1 is 0.725 bits per heavy atom. The number of fused-ring (bicyclic) bond motifs is 10. The summed E-state index contributed by atoms with van der Waals surface area (Å²) in [5, 5.41) is 2.34. The summed E-state index contributed by atoms with van der Waals surface area (Å²) in [7, 11) is 3.49. The van der Waals surface area contributed by atoms with Crippen LogP contribution in [0.3, 0.4) is 0 Å². The van der Waals surface area contributed by atoms with E-state index in [0.29, 0.717) is 0 Å². The Labute approximate surface area is 301 Å². The second-order valence-corrected chi connectivity index (χ2v) is 14.8. The van der Waals surface area contributed by atoms with Crippen LogP contribution in [0.5, 0.6) is 17.2 Å². The van der Waals surface area contributed by atoms with Gasteiger partial charge in [-0.2, -0.15) is 0 Å². The van der Waals surface area contributed by atoms with Crippen LogP contribution in [-0.2, 0) is 15.8 Å². The molecule has 260 valence electrons. The van der Waals surface area contributed by atoms with E-state index in [1.807, 2.05) is 12.1 Å². The number of nitrogens with zero attached hydrogens (tertiary/aromatic N) is 1. The van der Waals surface area contributed by atoms with Gasteiger partial charge in [-0.15, -0.1) is 0 Å². The number of hydrogen-bond acceptors (Lipinski definition) is 5. The highest BCUT2D eigenvalue weighted by Gasteiger charge is 2.48. The van der Waals surface area contributed by atoms with E-state index in [1.54, 1.807) is 14.2 Å². The van der Waals surface area contributed by atoms with Crippen molar-refractivity contribution in [3.8, 4) is 28.4 Å². The van der Waals surface area contributed by atoms with E-state index in [4.69, 9.17) is 18.9 Å². The lowest BCUT2D eigenvalue weighted by Gasteiger charge is -2.40. The molecule has 51 heavy (non-hydrogen) atoms. The van der Waals surface area contributed by atoms with E-state index in [-0.39, 0.29) is 5.41 Å². The lowest BCUT2D eigenvalue weighted by Crippen LogP contribution is -2.37. The maximum absolute atomic E-state index is 7.70. The van der Waals surface area contributed by atoms with Gasteiger partial charge in [-0.1, -0.05) is 86.7 Å². The minimum Gasteiger partial charge on any atom is -0.497 e. The molecule has 5 heteroatoms. The second kappa shape index (κ2) is 12.8. The first-order valence-electron chi connectivity index (χ1n) is 18.8. The molecule has 5 aromatic rings. The Kier molecular flexibility index (Phi) is 8.07. The molecule has 0 radical (unpaired) electrons. The molecule has 2 heterocycles. The van der Waals surface area contributed by atoms with Crippen LogP contribution < -0.4 is 19.1 Å². The Morgan fingerprint density at radius 2 is 1.41 bits per heavy atom. The van der Waals surface area contributed by atoms with Crippen LogP contribution >= 0.6 is 0 Å². The predicted octanol–water partition coefficient (Wildman–Crippen LogP) is 10.4. The van der Waals surface area contributed by atoms with Crippen LogP contribution in [0.4, 0.5) is 5.69 Å². The zero-order chi connectivity index (χ0) is 34.6. The average Bonchev–Trinajstić information content (AvgIpc) is 3.47. The third-order valence-electron chi connectivity index (χ3n) is 12.1. The van der Waals surface area contributed by atoms with Crippen LogP contribution in [0, 0.1) is 6.92 Å². The van der Waals surface area contributed by atoms with Crippen molar-refractivity contribution in [2.24, 2.45) is 0 Å². The highest BCUT2D eigenvalue weighted by Crippen LogP contribution is 2.62. The highest BCUT2D eigenvalue weighted by atomic mass is 16.5. The van der Waals surface area contributed by atoms with E-state index in [2.05, 4.69) is 96.8 Å². The van der Waals surface area contributed by atoms with Crippen molar-refractivity contribution < 1.29 is 18.9 Å². The van der Waals surface area contributed by atoms with Gasteiger partial charge in [-0.25, -0.2) is 0 Å². The maximum atomic E-state index is 7.70. The second-order valence-electron chi connectivity index (χ2n) is 14.8. The van der Waals surface area contributed by atoms with Gasteiger partial charge in [-0.3, -0.25) is 0 Å². The number of benzene rings is 5. The number of aryl methyl sites for hydroxylation is 1. The van der Waals surface area contributed by atoms with Gasteiger partial charge in [0.15, 0.2) is 5.60 Å². The summed E-state index contributed by atoms with van der Waals surface area (Å²) in [6.45, 7) is 5.47. The Bertz CT molecular complexity index is 2120. The van der Waals surface area contributed by atoms with Gasteiger partial charge in [0.2, 0.25) is 0 Å². The van der Waals surface area contributed by atoms with Crippen LogP contribution in [0.15, 0.2) is 91.0 Å². The molecule has 1 saturated heterocycles. The quantitative estimate of drug-likeness (QED) is 0.185. The molecule has 5 nitrogen and oxygen atoms in total. The summed E-state index contributed by atoms with van der Waals surface area (Å²) < 4.78 is 24.9. The molecule has 0 amide bonds. The van der Waals surface area contributed by atoms with Crippen LogP contribution in [-0.4, -0.2) is 40.5 Å². The summed E-state index contributed by atoms with van der Waals surface area (Å²) in [4.78, 5) is 2.40. The molecule has 1 saturated carbocycles. The fourth-order valence-electron chi connectivity index (χ4n) is 9.61. The average molecular weight is 678 g/mol. The van der Waals surface area contributed by atoms with Crippen molar-refractivity contribution in [1.29, 1.82) is 0 Å². The van der Waals surface area contributed by atoms with Crippen molar-refractivity contribution in [1.82, 2.24) is 0 Å². The monoisotopic (exact) mass is 677 g/mol. The molecule has 1 spiro atoms. The van der Waals surface area contributed by atoms with Crippen molar-refractivity contribution in [3.05, 3.63) is 124 Å². The molecular formula is C46H47NO4. The molecular weight excluding hydrogens is 631 g/mol. The minimum absolute atomic E-state index is 0.0495. The normalized spacial score (nSPS) is 20.6. The smallest absolute Gasteiger partial charge is 0.178 e. The Balaban J connectivity index is 1.30. The first-order chi connectivity index (χ1) is 25.1. The van der Waals surface area contributed by atoms with Gasteiger partial charge in [0, 0.05) is 46.3 Å². The van der Waals surface area contributed by atoms with Crippen LogP contribution in [0.1, 0.15) is 78.3 Å². The van der Waals surface area contributed by atoms with Crippen molar-refractivity contribution in [2.75, 3.05) is 45.4 Å². The van der Waals surface area contributed by atoms with E-state index < -0.39 is 5.60 Å². The van der Waals surface area contributed by atoms with E-state index in [0.717, 1.165) is 78.5 Å². The van der Waals surface area contributed by atoms with Crippen molar-refractivity contribution in [2.45, 2.75) is 62.9 Å². The number of ether oxygens (including phenoxy) is 4. The van der Waals surface area contributed by atoms with Gasteiger partial charge in [0.25, 0.3) is 0 Å². The minimum atomic E-state index is -0.859. The topological polar surface area (TPSA) is 40.2 Å². The lowest BCUT2D eigenvalue weighted by atomic mass is 9.67. The van der Waals surface area contributed by atoms with Crippen molar-refractivity contribution in [3.63, 3.8) is 0 Å². The third-order valence-corrected chi connectivity index (χ3v) is 12.1. The maximum Gasteiger partial charge on any atom is 0.178 e. The fraction of sp³-hybridized carbons (Fsp3) is 0.348. The first kappa shape index (κ1) is 32.2. The zero-order valence-corrected chi connectivity index (χ0v) is 30.1. The molecule has 0 N–H and O–H groups in total. The number of morpholine rings is 1. The van der Waals surface area contributed by atoms with Crippen molar-refractivity contribution >= 4 is 22.5 Å². The van der Waals surface area contributed by atoms with Crippen LogP contribution in [0.25, 0.3) is 28.0 Å². The summed E-state index contributed by atoms with van der Waals surface area (Å²) in [6, 6.07) is 31.2. The molecule has 4 aliphatic rings. The molecule has 1 unspecified atom stereocenters. The van der Waals surface area contributed by atoms with Gasteiger partial charge in [0.1, 0.15) is 17.2 Å². The van der Waals surface area contributed by atoms with Gasteiger partial charge in [-0.05, 0) is 95.4 Å². The fourth-order valence-corrected chi connectivity index (χ4v) is 9.61. The SMILES string of the molecule is COc1ccc(C2(c3ccc(N4CCOCC4)cc3)C=Cc3c4c(c5cc(C)c(OC)cc5c3O2)-c2ccccc2C42CCCCCCC2)cc1. The first-order valence-corrected chi connectivity index (χ1v) is 18.8. The molecule has 1 atom stereocenters. The van der Waals surface area contributed by atoms with E-state index in [1.165, 1.54) is 71.0 Å². The third kappa shape index (κ3) is 5.07. The summed E-state index contributed by atoms with van der Waals surface area (Å²) >= 11 is 0. The van der Waals surface area contributed by atoms with Crippen LogP contribution in [0.2, 0.25) is 0 Å². The Morgan fingerprint density at radius 3 is 2.12 bits per heavy atom. The van der Waals surface area contributed by atoms with Gasteiger partial charge < -0.3 is 23.8 Å². The highest BCUT2D eigenvalue weighted by molar-refractivity contribution is 6.09. The molecule has 2 aliphatic carbocycles. The summed E-state index contributed by atoms with van der Waals surface area (Å²) in [5.41, 5.74) is 10.5. The molecule has 2 aliphatic heterocycles. The lowest BCUT2D eigenvalue weighted by molar-refractivity contribution is 0.122. The summed E-state index contributed by atoms with van der Waals surface area (Å²) in [5.74, 6) is 2.63. The molecule has 0 aromatic heterocycles. The molecule has 2 fully saturated rings. The Hall–Kier alpha value is -4.74. The number of methoxy groups -OCH3 is 2. The number of anilines is 1. The zero-order valence-electron chi connectivity index (χ0n) is 30.1. The standard InChI is InChI=1S/C46H47NO4/c1-31-29-38-39(30-41(31)49-3)44-37(43-42(38)36-11-7-8-12-40(36)45(43)22-9-5-4-6-10-23-45)21-24-46(51-44,33-15-19-35(48-2)20-16-33)32-13-17-34(18-14-32)47-25-27-50-28-26-47/h7-8,11-21,24,29-30H,4-6,9-10,22-23,25-28H2,1-3H3. The van der Waals surface area contributed by atoms with Gasteiger partial charge >= 0.3 is 0 Å². The largest absolute Gasteiger partial charge is 0.497 e. The van der Waals surface area contributed by atoms with Gasteiger partial charge in [0.05, 0.1) is 27.4 Å². The number of hydrogen-bond donors (Lipinski definition) is 0. The molecule has 5 aromatic carbocycles. The number of rotatable bonds is 5.